The quantitative estimate of drug-likeness (QED) is 0.845. The molecule has 1 aliphatic carbocycles. The van der Waals surface area contributed by atoms with E-state index in [2.05, 4.69) is 0 Å². The molecule has 5 nitrogen and oxygen atoms in total. The molecule has 3 rings (SSSR count). The molecule has 0 spiro atoms. The molecule has 0 radical (unpaired) electrons. The molecule has 1 aromatic rings. The van der Waals surface area contributed by atoms with Gasteiger partial charge in [0.15, 0.2) is 0 Å². The molecular formula is C15H18F3N3O2. The summed E-state index contributed by atoms with van der Waals surface area (Å²) < 4.78 is 39.8. The Balaban J connectivity index is 1.84. The Hall–Kier alpha value is -1.83. The lowest BCUT2D eigenvalue weighted by molar-refractivity contribution is -0.138. The lowest BCUT2D eigenvalue weighted by Crippen LogP contribution is -2.44. The molecule has 0 bridgehead atoms. The van der Waals surface area contributed by atoms with Crippen LogP contribution in [0.5, 0.6) is 0 Å². The van der Waals surface area contributed by atoms with E-state index >= 15 is 0 Å². The standard InChI is InChI=1S/C15H18F3N3O2/c16-15(17,18)10-6-12-8-20(3-4-21(12)13(22)7-10)14(23)9-1-2-11(19)5-9/h6-7,9,11H,1-5,8,19H2/t9-,11+/m0/s1. The second-order valence-electron chi connectivity index (χ2n) is 6.25. The SMILES string of the molecule is N[C@@H]1CC[C@H](C(=O)N2CCn3c(cc(C(F)(F)F)cc3=O)C2)C1. The van der Waals surface area contributed by atoms with Gasteiger partial charge in [0, 0.05) is 36.8 Å². The first kappa shape index (κ1) is 16.0. The van der Waals surface area contributed by atoms with Gasteiger partial charge in [-0.1, -0.05) is 0 Å². The van der Waals surface area contributed by atoms with Crippen molar-refractivity contribution in [1.82, 2.24) is 9.47 Å². The minimum Gasteiger partial charge on any atom is -0.335 e. The second kappa shape index (κ2) is 5.67. The molecule has 1 aliphatic heterocycles. The highest BCUT2D eigenvalue weighted by Crippen LogP contribution is 2.30. The van der Waals surface area contributed by atoms with Crippen molar-refractivity contribution in [2.24, 2.45) is 11.7 Å². The summed E-state index contributed by atoms with van der Waals surface area (Å²) in [6, 6.07) is 1.58. The van der Waals surface area contributed by atoms with Crippen LogP contribution in [0.3, 0.4) is 0 Å². The van der Waals surface area contributed by atoms with Crippen molar-refractivity contribution in [1.29, 1.82) is 0 Å². The molecule has 23 heavy (non-hydrogen) atoms. The molecule has 2 aliphatic rings. The maximum atomic E-state index is 12.8. The molecule has 1 aromatic heterocycles. The smallest absolute Gasteiger partial charge is 0.335 e. The van der Waals surface area contributed by atoms with Crippen LogP contribution in [0.15, 0.2) is 16.9 Å². The Morgan fingerprint density at radius 3 is 2.57 bits per heavy atom. The van der Waals surface area contributed by atoms with E-state index in [1.165, 1.54) is 9.47 Å². The molecule has 2 atom stereocenters. The summed E-state index contributed by atoms with van der Waals surface area (Å²) >= 11 is 0. The van der Waals surface area contributed by atoms with Crippen molar-refractivity contribution in [3.05, 3.63) is 33.7 Å². The van der Waals surface area contributed by atoms with Crippen LogP contribution in [0, 0.1) is 5.92 Å². The highest BCUT2D eigenvalue weighted by Gasteiger charge is 2.35. The molecular weight excluding hydrogens is 311 g/mol. The number of nitrogens with zero attached hydrogens (tertiary/aromatic N) is 2. The first-order valence-electron chi connectivity index (χ1n) is 7.61. The summed E-state index contributed by atoms with van der Waals surface area (Å²) in [5.74, 6) is -0.233. The number of carbonyl (C=O) groups excluding carboxylic acids is 1. The molecule has 8 heteroatoms. The van der Waals surface area contributed by atoms with Gasteiger partial charge in [0.1, 0.15) is 0 Å². The van der Waals surface area contributed by atoms with Gasteiger partial charge in [-0.2, -0.15) is 13.2 Å². The van der Waals surface area contributed by atoms with Gasteiger partial charge in [-0.05, 0) is 25.3 Å². The van der Waals surface area contributed by atoms with Gasteiger partial charge in [0.25, 0.3) is 5.56 Å². The van der Waals surface area contributed by atoms with E-state index in [-0.39, 0.29) is 36.7 Å². The fourth-order valence-electron chi connectivity index (χ4n) is 3.38. The average molecular weight is 329 g/mol. The second-order valence-corrected chi connectivity index (χ2v) is 6.25. The van der Waals surface area contributed by atoms with Crippen LogP contribution < -0.4 is 11.3 Å². The van der Waals surface area contributed by atoms with Crippen molar-refractivity contribution in [3.63, 3.8) is 0 Å². The number of alkyl halides is 3. The van der Waals surface area contributed by atoms with E-state index in [9.17, 15) is 22.8 Å². The van der Waals surface area contributed by atoms with Gasteiger partial charge in [0.2, 0.25) is 5.91 Å². The molecule has 2 N–H and O–H groups in total. The summed E-state index contributed by atoms with van der Waals surface area (Å²) in [5, 5.41) is 0. The number of nitrogens with two attached hydrogens (primary N) is 1. The number of aromatic nitrogens is 1. The Kier molecular flexibility index (Phi) is 3.95. The summed E-state index contributed by atoms with van der Waals surface area (Å²) in [7, 11) is 0. The number of hydrogen-bond donors (Lipinski definition) is 1. The highest BCUT2D eigenvalue weighted by molar-refractivity contribution is 5.79. The summed E-state index contributed by atoms with van der Waals surface area (Å²) in [6.07, 6.45) is -2.45. The molecule has 1 fully saturated rings. The van der Waals surface area contributed by atoms with Gasteiger partial charge in [-0.15, -0.1) is 0 Å². The first-order valence-corrected chi connectivity index (χ1v) is 7.61. The number of hydrogen-bond acceptors (Lipinski definition) is 3. The number of carbonyl (C=O) groups is 1. The third-order valence-corrected chi connectivity index (χ3v) is 4.62. The van der Waals surface area contributed by atoms with Crippen LogP contribution in [0.25, 0.3) is 0 Å². The van der Waals surface area contributed by atoms with E-state index in [1.54, 1.807) is 0 Å². The topological polar surface area (TPSA) is 68.3 Å². The zero-order valence-corrected chi connectivity index (χ0v) is 12.5. The Bertz CT molecular complexity index is 684. The molecule has 2 heterocycles. The third kappa shape index (κ3) is 3.12. The van der Waals surface area contributed by atoms with E-state index in [0.29, 0.717) is 25.5 Å². The molecule has 0 saturated heterocycles. The van der Waals surface area contributed by atoms with Crippen LogP contribution >= 0.6 is 0 Å². The molecule has 1 amide bonds. The first-order chi connectivity index (χ1) is 10.8. The van der Waals surface area contributed by atoms with E-state index < -0.39 is 17.3 Å². The lowest BCUT2D eigenvalue weighted by Gasteiger charge is -2.32. The van der Waals surface area contributed by atoms with Crippen LogP contribution in [-0.4, -0.2) is 28.0 Å². The highest BCUT2D eigenvalue weighted by atomic mass is 19.4. The van der Waals surface area contributed by atoms with Gasteiger partial charge in [-0.25, -0.2) is 0 Å². The van der Waals surface area contributed by atoms with Gasteiger partial charge in [-0.3, -0.25) is 9.59 Å². The van der Waals surface area contributed by atoms with E-state index in [4.69, 9.17) is 5.73 Å². The minimum absolute atomic E-state index is 0.0143. The largest absolute Gasteiger partial charge is 0.416 e. The van der Waals surface area contributed by atoms with Crippen molar-refractivity contribution in [2.45, 2.75) is 44.6 Å². The van der Waals surface area contributed by atoms with Crippen LogP contribution in [-0.2, 0) is 24.1 Å². The Morgan fingerprint density at radius 1 is 1.22 bits per heavy atom. The Morgan fingerprint density at radius 2 is 1.96 bits per heavy atom. The average Bonchev–Trinajstić information content (AvgIpc) is 2.91. The fraction of sp³-hybridized carbons (Fsp3) is 0.600. The lowest BCUT2D eigenvalue weighted by atomic mass is 10.0. The van der Waals surface area contributed by atoms with Crippen LogP contribution in [0.2, 0.25) is 0 Å². The van der Waals surface area contributed by atoms with Gasteiger partial charge < -0.3 is 15.2 Å². The number of halogens is 3. The normalized spacial score (nSPS) is 24.6. The molecule has 126 valence electrons. The predicted octanol–water partition coefficient (Wildman–Crippen LogP) is 1.34. The zero-order valence-electron chi connectivity index (χ0n) is 12.5. The predicted molar refractivity (Wildman–Crippen MR) is 76.4 cm³/mol. The number of pyridine rings is 1. The summed E-state index contributed by atoms with van der Waals surface area (Å²) in [5.41, 5.74) is 4.40. The van der Waals surface area contributed by atoms with Crippen molar-refractivity contribution in [2.75, 3.05) is 6.54 Å². The van der Waals surface area contributed by atoms with Crippen molar-refractivity contribution < 1.29 is 18.0 Å². The maximum Gasteiger partial charge on any atom is 0.416 e. The minimum atomic E-state index is -4.57. The van der Waals surface area contributed by atoms with Gasteiger partial charge in [0.05, 0.1) is 12.1 Å². The van der Waals surface area contributed by atoms with E-state index in [1.807, 2.05) is 0 Å². The molecule has 0 aromatic carbocycles. The summed E-state index contributed by atoms with van der Waals surface area (Å²) in [6.45, 7) is 0.587. The zero-order chi connectivity index (χ0) is 16.8. The fourth-order valence-corrected chi connectivity index (χ4v) is 3.38. The third-order valence-electron chi connectivity index (χ3n) is 4.62. The molecule has 1 saturated carbocycles. The number of rotatable bonds is 1. The van der Waals surface area contributed by atoms with Crippen molar-refractivity contribution >= 4 is 5.91 Å². The van der Waals surface area contributed by atoms with Gasteiger partial charge >= 0.3 is 6.18 Å². The monoisotopic (exact) mass is 329 g/mol. The van der Waals surface area contributed by atoms with Crippen LogP contribution in [0.1, 0.15) is 30.5 Å². The Labute approximate surface area is 130 Å². The summed E-state index contributed by atoms with van der Waals surface area (Å²) in [4.78, 5) is 25.9. The van der Waals surface area contributed by atoms with E-state index in [0.717, 1.165) is 12.5 Å². The number of fused-ring (bicyclic) bond motifs is 1. The maximum absolute atomic E-state index is 12.8. The number of amides is 1. The van der Waals surface area contributed by atoms with Crippen molar-refractivity contribution in [3.8, 4) is 0 Å². The molecule has 0 unspecified atom stereocenters. The van der Waals surface area contributed by atoms with Crippen LogP contribution in [0.4, 0.5) is 13.2 Å².